The van der Waals surface area contributed by atoms with Crippen LogP contribution in [0.15, 0.2) is 55.1 Å². The number of hydrogen-bond acceptors (Lipinski definition) is 8. The Labute approximate surface area is 201 Å². The molecule has 1 heterocycles. The van der Waals surface area contributed by atoms with E-state index in [1.807, 2.05) is 0 Å². The summed E-state index contributed by atoms with van der Waals surface area (Å²) in [4.78, 5) is 24.9. The quantitative estimate of drug-likeness (QED) is 0.119. The summed E-state index contributed by atoms with van der Waals surface area (Å²) < 4.78 is 13.1. The summed E-state index contributed by atoms with van der Waals surface area (Å²) >= 11 is 0. The van der Waals surface area contributed by atoms with Crippen LogP contribution in [0.4, 0.5) is 22.7 Å². The molecule has 0 saturated heterocycles. The molecule has 3 aromatic rings. The Morgan fingerprint density at radius 1 is 0.941 bits per heavy atom. The van der Waals surface area contributed by atoms with Gasteiger partial charge in [-0.05, 0) is 24.3 Å². The van der Waals surface area contributed by atoms with Crippen molar-refractivity contribution in [3.8, 4) is 11.5 Å². The molecule has 13 heteroatoms. The van der Waals surface area contributed by atoms with Gasteiger partial charge in [0.2, 0.25) is 6.33 Å². The fourth-order valence-electron chi connectivity index (χ4n) is 3.02. The van der Waals surface area contributed by atoms with Crippen LogP contribution in [0.25, 0.3) is 0 Å². The summed E-state index contributed by atoms with van der Waals surface area (Å²) in [6.07, 6.45) is 4.59. The third-order valence-electron chi connectivity index (χ3n) is 4.78. The van der Waals surface area contributed by atoms with Crippen molar-refractivity contribution in [1.29, 1.82) is 0 Å². The van der Waals surface area contributed by atoms with Gasteiger partial charge in [0.05, 0.1) is 37.0 Å². The van der Waals surface area contributed by atoms with E-state index in [0.29, 0.717) is 33.0 Å². The number of nitrogens with zero attached hydrogens (tertiary/aromatic N) is 4. The van der Waals surface area contributed by atoms with Gasteiger partial charge in [-0.2, -0.15) is 10.1 Å². The Kier molecular flexibility index (Phi) is 8.67. The molecule has 0 aliphatic carbocycles. The molecule has 3 rings (SSSR count). The van der Waals surface area contributed by atoms with Crippen LogP contribution < -0.4 is 48.0 Å². The summed E-state index contributed by atoms with van der Waals surface area (Å²) in [6, 6.07) is 8.85. The van der Waals surface area contributed by atoms with Crippen LogP contribution in [-0.4, -0.2) is 41.0 Å². The van der Waals surface area contributed by atoms with E-state index in [1.165, 1.54) is 66.1 Å². The van der Waals surface area contributed by atoms with E-state index >= 15 is 0 Å². The number of ether oxygens (including phenoxy) is 2. The van der Waals surface area contributed by atoms with Crippen LogP contribution in [0, 0.1) is 0 Å². The zero-order chi connectivity index (χ0) is 24.1. The lowest BCUT2D eigenvalue weighted by molar-refractivity contribution is -0.683. The van der Waals surface area contributed by atoms with Gasteiger partial charge in [0.15, 0.2) is 13.1 Å². The van der Waals surface area contributed by atoms with Crippen LogP contribution >= 0.6 is 0 Å². The molecule has 0 atom stereocenters. The number of carbonyl (C=O) groups is 2. The van der Waals surface area contributed by atoms with Crippen molar-refractivity contribution in [2.45, 2.75) is 13.1 Å². The largest absolute Gasteiger partial charge is 1.00 e. The second kappa shape index (κ2) is 11.2. The molecule has 0 aliphatic rings. The predicted octanol–water partition coefficient (Wildman–Crippen LogP) is -2.19. The topological polar surface area (TPSA) is 160 Å². The first-order valence-corrected chi connectivity index (χ1v) is 9.69. The molecule has 0 aliphatic heterocycles. The lowest BCUT2D eigenvalue weighted by atomic mass is 10.2. The zero-order valence-electron chi connectivity index (χ0n) is 18.5. The Morgan fingerprint density at radius 2 is 1.44 bits per heavy atom. The zero-order valence-corrected chi connectivity index (χ0v) is 19.2. The first-order chi connectivity index (χ1) is 15.7. The van der Waals surface area contributed by atoms with Crippen molar-refractivity contribution in [3.63, 3.8) is 0 Å². The Morgan fingerprint density at radius 3 is 1.94 bits per heavy atom. The Hall–Kier alpha value is -4.00. The molecule has 0 radical (unpaired) electrons. The number of rotatable bonds is 8. The van der Waals surface area contributed by atoms with Gasteiger partial charge in [-0.15, -0.1) is 0 Å². The normalized spacial score (nSPS) is 10.2. The number of hydroxylamine groups is 2. The first-order valence-electron chi connectivity index (χ1n) is 9.69. The summed E-state index contributed by atoms with van der Waals surface area (Å²) in [5, 5.41) is 21.4. The summed E-state index contributed by atoms with van der Waals surface area (Å²) in [5.41, 5.74) is 12.6. The molecule has 0 spiro atoms. The monoisotopic (exact) mass is 492 g/mol. The van der Waals surface area contributed by atoms with Crippen LogP contribution in [0.2, 0.25) is 0 Å². The van der Waals surface area contributed by atoms with Gasteiger partial charge in [0.1, 0.15) is 23.9 Å². The predicted molar refractivity (Wildman–Crippen MR) is 118 cm³/mol. The van der Waals surface area contributed by atoms with Gasteiger partial charge in [-0.25, -0.2) is 9.13 Å². The maximum atomic E-state index is 12.4. The maximum Gasteiger partial charge on any atom is 0.292 e. The molecule has 182 valence electrons. The van der Waals surface area contributed by atoms with Gasteiger partial charge in [0.25, 0.3) is 11.8 Å². The number of benzene rings is 2. The molecule has 2 aromatic carbocycles. The van der Waals surface area contributed by atoms with E-state index < -0.39 is 11.8 Å². The van der Waals surface area contributed by atoms with Crippen molar-refractivity contribution in [1.82, 2.24) is 4.57 Å². The van der Waals surface area contributed by atoms with Gasteiger partial charge in [-0.1, -0.05) is 0 Å². The highest BCUT2D eigenvalue weighted by atomic mass is 35.5. The van der Waals surface area contributed by atoms with Crippen LogP contribution in [0.1, 0.15) is 0 Å². The smallest absolute Gasteiger partial charge is 0.292 e. The lowest BCUT2D eigenvalue weighted by Crippen LogP contribution is -3.00. The molecule has 1 aromatic heterocycles. The first kappa shape index (κ1) is 26.3. The summed E-state index contributed by atoms with van der Waals surface area (Å²) in [5.74, 6) is -0.616. The number of halogens is 1. The summed E-state index contributed by atoms with van der Waals surface area (Å²) in [6.45, 7) is -0.412. The minimum atomic E-state index is -0.631. The van der Waals surface area contributed by atoms with E-state index in [1.54, 1.807) is 12.4 Å². The van der Waals surface area contributed by atoms with Crippen LogP contribution in [-0.2, 0) is 22.7 Å². The number of aromatic nitrogens is 2. The highest BCUT2D eigenvalue weighted by molar-refractivity contribution is 5.91. The fraction of sp³-hybridized carbons (Fsp3) is 0.190. The van der Waals surface area contributed by atoms with Crippen molar-refractivity contribution in [2.75, 3.05) is 35.8 Å². The van der Waals surface area contributed by atoms with Gasteiger partial charge < -0.3 is 33.3 Å². The van der Waals surface area contributed by atoms with E-state index in [2.05, 4.69) is 0 Å². The molecule has 12 nitrogen and oxygen atoms in total. The average Bonchev–Trinajstić information content (AvgIpc) is 3.25. The van der Waals surface area contributed by atoms with Gasteiger partial charge in [0, 0.05) is 12.1 Å². The van der Waals surface area contributed by atoms with Crippen LogP contribution in [0.3, 0.4) is 0 Å². The maximum absolute atomic E-state index is 12.4. The van der Waals surface area contributed by atoms with Crippen LogP contribution in [0.5, 0.6) is 11.5 Å². The molecule has 2 amide bonds. The minimum absolute atomic E-state index is 0. The van der Waals surface area contributed by atoms with Crippen molar-refractivity contribution in [2.24, 2.45) is 0 Å². The molecule has 0 unspecified atom stereocenters. The molecular formula is C21H25ClN6O6. The Bertz CT molecular complexity index is 1080. The second-order valence-electron chi connectivity index (χ2n) is 7.02. The molecule has 34 heavy (non-hydrogen) atoms. The molecular weight excluding hydrogens is 468 g/mol. The molecule has 0 fully saturated rings. The van der Waals surface area contributed by atoms with E-state index in [0.717, 1.165) is 0 Å². The van der Waals surface area contributed by atoms with Crippen molar-refractivity contribution < 1.29 is 46.5 Å². The number of imidazole rings is 1. The van der Waals surface area contributed by atoms with Crippen molar-refractivity contribution in [3.05, 3.63) is 55.1 Å². The van der Waals surface area contributed by atoms with E-state index in [4.69, 9.17) is 20.9 Å². The number of nitrogens with two attached hydrogens (primary N) is 2. The number of nitrogen functional groups attached to an aromatic ring is 2. The molecule has 0 bridgehead atoms. The standard InChI is InChI=1S/C21H25N6O6.ClH/c1-32-18-9-14(3-5-16(18)22)26(30)20(28)11-24-7-8-25(13-24)12-21(29)27(31)15-4-6-17(23)19(10-15)33-2;/h3-10,13,30-31H,11-12,22-23H2,1-2H3;1H/q+1;/p-1. The number of carbonyl (C=O) groups excluding carboxylic acids is 2. The van der Waals surface area contributed by atoms with E-state index in [9.17, 15) is 20.0 Å². The second-order valence-corrected chi connectivity index (χ2v) is 7.02. The SMILES string of the molecule is COc1cc(N(O)C(=O)Cn2cc[n+](CC(=O)N(O)c3ccc(N)c(OC)c3)c2)ccc1N.[Cl-]. The highest BCUT2D eigenvalue weighted by Crippen LogP contribution is 2.27. The Balaban J connectivity index is 0.00000408. The summed E-state index contributed by atoms with van der Waals surface area (Å²) in [7, 11) is 2.85. The van der Waals surface area contributed by atoms with Gasteiger partial charge in [-0.3, -0.25) is 20.0 Å². The number of methoxy groups -OCH3 is 2. The third kappa shape index (κ3) is 5.86. The average molecular weight is 493 g/mol. The minimum Gasteiger partial charge on any atom is -1.00 e. The lowest BCUT2D eigenvalue weighted by Gasteiger charge is -2.16. The number of hydrogen-bond donors (Lipinski definition) is 4. The van der Waals surface area contributed by atoms with Crippen molar-refractivity contribution >= 4 is 34.6 Å². The number of anilines is 4. The fourth-order valence-corrected chi connectivity index (χ4v) is 3.02. The number of amides is 2. The molecule has 6 N–H and O–H groups in total. The van der Waals surface area contributed by atoms with E-state index in [-0.39, 0.29) is 36.9 Å². The molecule has 0 saturated carbocycles. The van der Waals surface area contributed by atoms with Gasteiger partial charge >= 0.3 is 0 Å². The third-order valence-corrected chi connectivity index (χ3v) is 4.78. The highest BCUT2D eigenvalue weighted by Gasteiger charge is 2.21.